The number of carbonyl (C=O) groups is 1. The van der Waals surface area contributed by atoms with Crippen LogP contribution in [0.5, 0.6) is 0 Å². The molecule has 7 nitrogen and oxygen atoms in total. The summed E-state index contributed by atoms with van der Waals surface area (Å²) in [6.07, 6.45) is 0.709. The van der Waals surface area contributed by atoms with E-state index in [2.05, 4.69) is 5.32 Å². The molecule has 30 heavy (non-hydrogen) atoms. The van der Waals surface area contributed by atoms with Crippen LogP contribution in [-0.4, -0.2) is 40.2 Å². The van der Waals surface area contributed by atoms with E-state index in [4.69, 9.17) is 32.0 Å². The molecule has 2 aromatic heterocycles. The van der Waals surface area contributed by atoms with Gasteiger partial charge in [-0.05, 0) is 43.7 Å². The SMILES string of the molecule is CCOCCCNC(=O)c1c(N)n(-c2cccc(Cl)c2)c2nc3ccccc3nc12. The molecule has 8 heteroatoms. The van der Waals surface area contributed by atoms with Crippen LogP contribution in [0.4, 0.5) is 5.82 Å². The third kappa shape index (κ3) is 3.81. The smallest absolute Gasteiger partial charge is 0.257 e. The molecule has 3 N–H and O–H groups in total. The molecule has 0 aliphatic heterocycles. The normalized spacial score (nSPS) is 11.3. The third-order valence-electron chi connectivity index (χ3n) is 4.75. The van der Waals surface area contributed by atoms with Gasteiger partial charge in [-0.2, -0.15) is 0 Å². The third-order valence-corrected chi connectivity index (χ3v) is 4.98. The molecule has 0 unspecified atom stereocenters. The van der Waals surface area contributed by atoms with Crippen molar-refractivity contribution in [3.63, 3.8) is 0 Å². The van der Waals surface area contributed by atoms with Crippen molar-refractivity contribution in [1.82, 2.24) is 19.9 Å². The number of halogens is 1. The van der Waals surface area contributed by atoms with Crippen LogP contribution in [0.15, 0.2) is 48.5 Å². The lowest BCUT2D eigenvalue weighted by Crippen LogP contribution is -2.26. The van der Waals surface area contributed by atoms with E-state index in [1.54, 1.807) is 16.7 Å². The molecule has 0 aliphatic rings. The van der Waals surface area contributed by atoms with E-state index < -0.39 is 0 Å². The summed E-state index contributed by atoms with van der Waals surface area (Å²) in [5, 5.41) is 3.47. The van der Waals surface area contributed by atoms with Crippen LogP contribution in [0.3, 0.4) is 0 Å². The molecule has 1 amide bonds. The van der Waals surface area contributed by atoms with Crippen LogP contribution in [0.2, 0.25) is 5.02 Å². The van der Waals surface area contributed by atoms with E-state index in [1.165, 1.54) is 0 Å². The lowest BCUT2D eigenvalue weighted by molar-refractivity contribution is 0.0946. The quantitative estimate of drug-likeness (QED) is 0.438. The molecular weight excluding hydrogens is 402 g/mol. The van der Waals surface area contributed by atoms with Gasteiger partial charge < -0.3 is 15.8 Å². The Bertz CT molecular complexity index is 1220. The Kier molecular flexibility index (Phi) is 5.83. The van der Waals surface area contributed by atoms with Crippen LogP contribution >= 0.6 is 11.6 Å². The zero-order chi connectivity index (χ0) is 21.1. The van der Waals surface area contributed by atoms with Gasteiger partial charge >= 0.3 is 0 Å². The second kappa shape index (κ2) is 8.69. The zero-order valence-corrected chi connectivity index (χ0v) is 17.3. The maximum Gasteiger partial charge on any atom is 0.257 e. The molecule has 0 aliphatic carbocycles. The van der Waals surface area contributed by atoms with E-state index in [-0.39, 0.29) is 11.7 Å². The van der Waals surface area contributed by atoms with Crippen molar-refractivity contribution < 1.29 is 9.53 Å². The highest BCUT2D eigenvalue weighted by molar-refractivity contribution is 6.30. The van der Waals surface area contributed by atoms with Crippen molar-refractivity contribution in [1.29, 1.82) is 0 Å². The number of amides is 1. The molecule has 0 saturated carbocycles. The van der Waals surface area contributed by atoms with Gasteiger partial charge in [-0.1, -0.05) is 29.8 Å². The number of ether oxygens (including phenoxy) is 1. The number of para-hydroxylation sites is 2. The number of aromatic nitrogens is 3. The fourth-order valence-electron chi connectivity index (χ4n) is 3.37. The van der Waals surface area contributed by atoms with Crippen molar-refractivity contribution in [2.45, 2.75) is 13.3 Å². The zero-order valence-electron chi connectivity index (χ0n) is 16.6. The number of hydrogen-bond donors (Lipinski definition) is 2. The molecule has 4 rings (SSSR count). The molecule has 4 aromatic rings. The molecule has 0 bridgehead atoms. The highest BCUT2D eigenvalue weighted by Gasteiger charge is 2.24. The predicted molar refractivity (Wildman–Crippen MR) is 119 cm³/mol. The van der Waals surface area contributed by atoms with Gasteiger partial charge in [0.05, 0.1) is 16.7 Å². The summed E-state index contributed by atoms with van der Waals surface area (Å²) in [7, 11) is 0. The Hall–Kier alpha value is -3.16. The Labute approximate surface area is 178 Å². The minimum Gasteiger partial charge on any atom is -0.384 e. The molecule has 0 atom stereocenters. The predicted octanol–water partition coefficient (Wildman–Crippen LogP) is 3.97. The van der Waals surface area contributed by atoms with Crippen molar-refractivity contribution in [2.75, 3.05) is 25.5 Å². The Morgan fingerprint density at radius 3 is 2.67 bits per heavy atom. The molecule has 154 valence electrons. The average Bonchev–Trinajstić information content (AvgIpc) is 3.02. The van der Waals surface area contributed by atoms with E-state index in [1.807, 2.05) is 43.3 Å². The summed E-state index contributed by atoms with van der Waals surface area (Å²) in [5.41, 5.74) is 9.86. The number of carbonyl (C=O) groups excluding carboxylic acids is 1. The molecule has 0 fully saturated rings. The number of benzene rings is 2. The molecule has 0 radical (unpaired) electrons. The van der Waals surface area contributed by atoms with Crippen LogP contribution in [0.1, 0.15) is 23.7 Å². The standard InChI is InChI=1S/C22H22ClN5O2/c1-2-30-12-6-11-25-22(29)18-19-21(27-17-10-4-3-9-16(17)26-19)28(20(18)24)15-8-5-7-14(23)13-15/h3-5,7-10,13H,2,6,11-12,24H2,1H3,(H,25,29). The largest absolute Gasteiger partial charge is 0.384 e. The van der Waals surface area contributed by atoms with Gasteiger partial charge in [-0.25, -0.2) is 9.97 Å². The van der Waals surface area contributed by atoms with Crippen molar-refractivity contribution in [3.05, 3.63) is 59.1 Å². The van der Waals surface area contributed by atoms with Gasteiger partial charge in [0.1, 0.15) is 16.9 Å². The second-order valence-electron chi connectivity index (χ2n) is 6.77. The van der Waals surface area contributed by atoms with Gasteiger partial charge in [0.25, 0.3) is 5.91 Å². The maximum atomic E-state index is 13.0. The monoisotopic (exact) mass is 423 g/mol. The Morgan fingerprint density at radius 1 is 1.17 bits per heavy atom. The molecule has 2 aromatic carbocycles. The van der Waals surface area contributed by atoms with Gasteiger partial charge in [0.15, 0.2) is 5.65 Å². The summed E-state index contributed by atoms with van der Waals surface area (Å²) in [6.45, 7) is 3.65. The Balaban J connectivity index is 1.84. The first-order chi connectivity index (χ1) is 14.6. The van der Waals surface area contributed by atoms with Gasteiger partial charge in [0.2, 0.25) is 0 Å². The van der Waals surface area contributed by atoms with E-state index >= 15 is 0 Å². The van der Waals surface area contributed by atoms with Crippen LogP contribution in [0.25, 0.3) is 27.9 Å². The summed E-state index contributed by atoms with van der Waals surface area (Å²) >= 11 is 6.19. The van der Waals surface area contributed by atoms with Crippen LogP contribution < -0.4 is 11.1 Å². The van der Waals surface area contributed by atoms with Crippen molar-refractivity contribution in [3.8, 4) is 5.69 Å². The number of hydrogen-bond acceptors (Lipinski definition) is 5. The first-order valence-corrected chi connectivity index (χ1v) is 10.2. The first-order valence-electron chi connectivity index (χ1n) is 9.78. The molecule has 0 saturated heterocycles. The van der Waals surface area contributed by atoms with Gasteiger partial charge in [-0.15, -0.1) is 0 Å². The minimum atomic E-state index is -0.292. The highest BCUT2D eigenvalue weighted by Crippen LogP contribution is 2.31. The van der Waals surface area contributed by atoms with Crippen molar-refractivity contribution >= 4 is 45.5 Å². The number of nitrogens with one attached hydrogen (secondary N) is 1. The van der Waals surface area contributed by atoms with Crippen LogP contribution in [-0.2, 0) is 4.74 Å². The molecule has 0 spiro atoms. The Morgan fingerprint density at radius 2 is 1.93 bits per heavy atom. The summed E-state index contributed by atoms with van der Waals surface area (Å²) in [5.74, 6) is -0.0239. The van der Waals surface area contributed by atoms with E-state index in [0.29, 0.717) is 59.1 Å². The summed E-state index contributed by atoms with van der Waals surface area (Å²) in [6, 6.07) is 14.8. The minimum absolute atomic E-state index is 0.268. The first kappa shape index (κ1) is 20.1. The van der Waals surface area contributed by atoms with Gasteiger partial charge in [0, 0.05) is 24.8 Å². The number of nitrogens with two attached hydrogens (primary N) is 1. The number of rotatable bonds is 7. The number of anilines is 1. The van der Waals surface area contributed by atoms with Gasteiger partial charge in [-0.3, -0.25) is 9.36 Å². The molecule has 2 heterocycles. The number of nitrogen functional groups attached to an aromatic ring is 1. The topological polar surface area (TPSA) is 95.1 Å². The fraction of sp³-hybridized carbons (Fsp3) is 0.227. The lowest BCUT2D eigenvalue weighted by atomic mass is 10.2. The average molecular weight is 424 g/mol. The molecular formula is C22H22ClN5O2. The second-order valence-corrected chi connectivity index (χ2v) is 7.20. The lowest BCUT2D eigenvalue weighted by Gasteiger charge is -2.08. The van der Waals surface area contributed by atoms with E-state index in [9.17, 15) is 4.79 Å². The van der Waals surface area contributed by atoms with E-state index in [0.717, 1.165) is 5.52 Å². The summed E-state index contributed by atoms with van der Waals surface area (Å²) < 4.78 is 7.04. The maximum absolute atomic E-state index is 13.0. The number of fused-ring (bicyclic) bond motifs is 2. The summed E-state index contributed by atoms with van der Waals surface area (Å²) in [4.78, 5) is 22.5. The van der Waals surface area contributed by atoms with Crippen LogP contribution in [0, 0.1) is 0 Å². The highest BCUT2D eigenvalue weighted by atomic mass is 35.5. The van der Waals surface area contributed by atoms with Crippen molar-refractivity contribution in [2.24, 2.45) is 0 Å². The fourth-order valence-corrected chi connectivity index (χ4v) is 3.56. The number of nitrogens with zero attached hydrogens (tertiary/aromatic N) is 3.